The summed E-state index contributed by atoms with van der Waals surface area (Å²) in [5.41, 5.74) is 3.78. The van der Waals surface area contributed by atoms with Gasteiger partial charge in [-0.15, -0.1) is 0 Å². The van der Waals surface area contributed by atoms with E-state index in [4.69, 9.17) is 9.47 Å². The first-order chi connectivity index (χ1) is 12.2. The van der Waals surface area contributed by atoms with Crippen molar-refractivity contribution in [2.24, 2.45) is 0 Å². The fraction of sp³-hybridized carbons (Fsp3) is 0.300. The monoisotopic (exact) mass is 340 g/mol. The van der Waals surface area contributed by atoms with Crippen LogP contribution in [-0.2, 0) is 13.0 Å². The van der Waals surface area contributed by atoms with Crippen LogP contribution in [0.5, 0.6) is 11.5 Å². The van der Waals surface area contributed by atoms with E-state index in [-0.39, 0.29) is 5.82 Å². The first-order valence-electron chi connectivity index (χ1n) is 8.46. The van der Waals surface area contributed by atoms with Crippen LogP contribution in [0.2, 0.25) is 0 Å². The van der Waals surface area contributed by atoms with E-state index in [0.717, 1.165) is 37.0 Å². The SMILES string of the molecule is COc1cc(F)c(-c2ccc3c(c2)cc2n3CCNCC2)c(OC)c1. The number of hydrogen-bond acceptors (Lipinski definition) is 3. The number of halogens is 1. The molecule has 0 radical (unpaired) electrons. The minimum Gasteiger partial charge on any atom is -0.497 e. The lowest BCUT2D eigenvalue weighted by Crippen LogP contribution is -2.17. The number of hydrogen-bond donors (Lipinski definition) is 1. The van der Waals surface area contributed by atoms with Crippen LogP contribution < -0.4 is 14.8 Å². The number of methoxy groups -OCH3 is 2. The minimum absolute atomic E-state index is 0.347. The molecular weight excluding hydrogens is 319 g/mol. The Bertz CT molecular complexity index is 933. The number of nitrogens with zero attached hydrogens (tertiary/aromatic N) is 1. The molecule has 4 rings (SSSR count). The summed E-state index contributed by atoms with van der Waals surface area (Å²) in [4.78, 5) is 0. The minimum atomic E-state index is -0.347. The molecule has 0 saturated heterocycles. The van der Waals surface area contributed by atoms with E-state index in [0.29, 0.717) is 17.1 Å². The number of fused-ring (bicyclic) bond motifs is 3. The molecule has 25 heavy (non-hydrogen) atoms. The van der Waals surface area contributed by atoms with Gasteiger partial charge in [0.2, 0.25) is 0 Å². The smallest absolute Gasteiger partial charge is 0.138 e. The zero-order valence-corrected chi connectivity index (χ0v) is 14.4. The maximum Gasteiger partial charge on any atom is 0.138 e. The average Bonchev–Trinajstić information content (AvgIpc) is 2.80. The normalized spacial score (nSPS) is 14.2. The van der Waals surface area contributed by atoms with E-state index in [1.807, 2.05) is 12.1 Å². The second-order valence-electron chi connectivity index (χ2n) is 6.25. The van der Waals surface area contributed by atoms with Crippen molar-refractivity contribution in [2.45, 2.75) is 13.0 Å². The number of aromatic nitrogens is 1. The largest absolute Gasteiger partial charge is 0.497 e. The molecule has 2 aromatic carbocycles. The van der Waals surface area contributed by atoms with Crippen molar-refractivity contribution in [3.05, 3.63) is 47.9 Å². The summed E-state index contributed by atoms with van der Waals surface area (Å²) in [5.74, 6) is 0.573. The first kappa shape index (κ1) is 16.0. The molecule has 0 unspecified atom stereocenters. The summed E-state index contributed by atoms with van der Waals surface area (Å²) >= 11 is 0. The van der Waals surface area contributed by atoms with Gasteiger partial charge in [-0.25, -0.2) is 4.39 Å². The molecule has 1 N–H and O–H groups in total. The molecule has 0 amide bonds. The van der Waals surface area contributed by atoms with Gasteiger partial charge in [-0.2, -0.15) is 0 Å². The van der Waals surface area contributed by atoms with Crippen molar-refractivity contribution in [3.63, 3.8) is 0 Å². The molecular formula is C20H21FN2O2. The summed E-state index contributed by atoms with van der Waals surface area (Å²) < 4.78 is 27.6. The Morgan fingerprint density at radius 1 is 1.04 bits per heavy atom. The van der Waals surface area contributed by atoms with E-state index in [2.05, 4.69) is 22.0 Å². The zero-order chi connectivity index (χ0) is 17.4. The van der Waals surface area contributed by atoms with Gasteiger partial charge in [0.1, 0.15) is 17.3 Å². The predicted octanol–water partition coefficient (Wildman–Crippen LogP) is 3.61. The third-order valence-corrected chi connectivity index (χ3v) is 4.83. The molecule has 3 aromatic rings. The van der Waals surface area contributed by atoms with Gasteiger partial charge in [-0.05, 0) is 23.8 Å². The average molecular weight is 340 g/mol. The topological polar surface area (TPSA) is 35.4 Å². The van der Waals surface area contributed by atoms with Crippen LogP contribution in [0.15, 0.2) is 36.4 Å². The zero-order valence-electron chi connectivity index (χ0n) is 14.4. The van der Waals surface area contributed by atoms with Gasteiger partial charge in [0.05, 0.1) is 19.8 Å². The third-order valence-electron chi connectivity index (χ3n) is 4.83. The van der Waals surface area contributed by atoms with Gasteiger partial charge in [0.25, 0.3) is 0 Å². The van der Waals surface area contributed by atoms with Crippen molar-refractivity contribution in [1.82, 2.24) is 9.88 Å². The van der Waals surface area contributed by atoms with Gasteiger partial charge in [-0.1, -0.05) is 6.07 Å². The van der Waals surface area contributed by atoms with Crippen LogP contribution in [-0.4, -0.2) is 31.9 Å². The molecule has 0 atom stereocenters. The van der Waals surface area contributed by atoms with Gasteiger partial charge < -0.3 is 19.4 Å². The van der Waals surface area contributed by atoms with Crippen molar-refractivity contribution >= 4 is 10.9 Å². The van der Waals surface area contributed by atoms with E-state index < -0.39 is 0 Å². The second-order valence-corrected chi connectivity index (χ2v) is 6.25. The Morgan fingerprint density at radius 3 is 2.72 bits per heavy atom. The maximum absolute atomic E-state index is 14.7. The number of rotatable bonds is 3. The summed E-state index contributed by atoms with van der Waals surface area (Å²) in [6.45, 7) is 2.92. The van der Waals surface area contributed by atoms with Crippen LogP contribution in [0, 0.1) is 5.82 Å². The molecule has 0 saturated carbocycles. The number of ether oxygens (including phenoxy) is 2. The maximum atomic E-state index is 14.7. The molecule has 2 heterocycles. The molecule has 0 spiro atoms. The van der Waals surface area contributed by atoms with Crippen molar-refractivity contribution in [1.29, 1.82) is 0 Å². The lowest BCUT2D eigenvalue weighted by molar-refractivity contribution is 0.390. The lowest BCUT2D eigenvalue weighted by atomic mass is 10.0. The number of nitrogens with one attached hydrogen (secondary N) is 1. The Morgan fingerprint density at radius 2 is 1.92 bits per heavy atom. The standard InChI is InChI=1S/C20H21FN2O2/c1-24-16-11-17(21)20(19(12-16)25-2)13-3-4-18-14(9-13)10-15-5-6-22-7-8-23(15)18/h3-4,9-12,22H,5-8H2,1-2H3. The van der Waals surface area contributed by atoms with Gasteiger partial charge in [0, 0.05) is 54.8 Å². The van der Waals surface area contributed by atoms with E-state index in [9.17, 15) is 4.39 Å². The van der Waals surface area contributed by atoms with Gasteiger partial charge >= 0.3 is 0 Å². The molecule has 1 aromatic heterocycles. The van der Waals surface area contributed by atoms with Gasteiger partial charge in [0.15, 0.2) is 0 Å². The van der Waals surface area contributed by atoms with Crippen LogP contribution in [0.1, 0.15) is 5.69 Å². The third kappa shape index (κ3) is 2.74. The Labute approximate surface area is 146 Å². The molecule has 130 valence electrons. The predicted molar refractivity (Wildman–Crippen MR) is 97.0 cm³/mol. The highest BCUT2D eigenvalue weighted by Gasteiger charge is 2.17. The lowest BCUT2D eigenvalue weighted by Gasteiger charge is -2.12. The first-order valence-corrected chi connectivity index (χ1v) is 8.46. The molecule has 4 nitrogen and oxygen atoms in total. The van der Waals surface area contributed by atoms with Crippen LogP contribution in [0.3, 0.4) is 0 Å². The van der Waals surface area contributed by atoms with Crippen LogP contribution in [0.4, 0.5) is 4.39 Å². The molecule has 1 aliphatic rings. The van der Waals surface area contributed by atoms with E-state index in [1.165, 1.54) is 24.4 Å². The molecule has 0 aliphatic carbocycles. The van der Waals surface area contributed by atoms with Crippen LogP contribution in [0.25, 0.3) is 22.0 Å². The second kappa shape index (κ2) is 6.41. The van der Waals surface area contributed by atoms with Crippen molar-refractivity contribution in [2.75, 3.05) is 27.3 Å². The van der Waals surface area contributed by atoms with Crippen molar-refractivity contribution < 1.29 is 13.9 Å². The Balaban J connectivity index is 1.85. The summed E-state index contributed by atoms with van der Waals surface area (Å²) in [6.07, 6.45) is 1.00. The van der Waals surface area contributed by atoms with Crippen molar-refractivity contribution in [3.8, 4) is 22.6 Å². The molecule has 5 heteroatoms. The molecule has 0 bridgehead atoms. The fourth-order valence-electron chi connectivity index (χ4n) is 3.60. The Hall–Kier alpha value is -2.53. The Kier molecular flexibility index (Phi) is 4.09. The fourth-order valence-corrected chi connectivity index (χ4v) is 3.60. The van der Waals surface area contributed by atoms with Gasteiger partial charge in [-0.3, -0.25) is 0 Å². The highest BCUT2D eigenvalue weighted by Crippen LogP contribution is 2.37. The quantitative estimate of drug-likeness (QED) is 0.791. The van der Waals surface area contributed by atoms with E-state index >= 15 is 0 Å². The van der Waals surface area contributed by atoms with Crippen LogP contribution >= 0.6 is 0 Å². The molecule has 1 aliphatic heterocycles. The number of benzene rings is 2. The summed E-state index contributed by atoms with van der Waals surface area (Å²) in [6, 6.07) is 11.4. The summed E-state index contributed by atoms with van der Waals surface area (Å²) in [5, 5.41) is 4.55. The molecule has 0 fully saturated rings. The summed E-state index contributed by atoms with van der Waals surface area (Å²) in [7, 11) is 3.06. The van der Waals surface area contributed by atoms with E-state index in [1.54, 1.807) is 13.2 Å². The highest BCUT2D eigenvalue weighted by molar-refractivity contribution is 5.88. The highest BCUT2D eigenvalue weighted by atomic mass is 19.1.